The number of nitrogens with zero attached hydrogens (tertiary/aromatic N) is 6. The van der Waals surface area contributed by atoms with E-state index in [9.17, 15) is 0 Å². The second-order valence-electron chi connectivity index (χ2n) is 8.39. The van der Waals surface area contributed by atoms with E-state index in [0.29, 0.717) is 12.0 Å². The van der Waals surface area contributed by atoms with Crippen molar-refractivity contribution in [3.05, 3.63) is 41.1 Å². The topological polar surface area (TPSA) is 58.0 Å². The lowest BCUT2D eigenvalue weighted by molar-refractivity contribution is 0.194. The lowest BCUT2D eigenvalue weighted by Gasteiger charge is -2.44. The fourth-order valence-corrected chi connectivity index (χ4v) is 4.30. The maximum atomic E-state index is 4.81. The Morgan fingerprint density at radius 3 is 2.78 bits per heavy atom. The fourth-order valence-electron chi connectivity index (χ4n) is 4.30. The summed E-state index contributed by atoms with van der Waals surface area (Å²) in [5, 5.41) is 8.95. The van der Waals surface area contributed by atoms with Crippen LogP contribution >= 0.6 is 0 Å². The van der Waals surface area contributed by atoms with Gasteiger partial charge in [-0.3, -0.25) is 4.90 Å². The molecule has 2 aromatic rings. The third-order valence-electron chi connectivity index (χ3n) is 6.48. The Morgan fingerprint density at radius 2 is 1.96 bits per heavy atom. The molecule has 0 atom stereocenters. The smallest absolute Gasteiger partial charge is 0.151 e. The molecule has 0 N–H and O–H groups in total. The highest BCUT2D eigenvalue weighted by molar-refractivity contribution is 5.45. The minimum atomic E-state index is 0.546. The summed E-state index contributed by atoms with van der Waals surface area (Å²) in [6.45, 7) is 2.92. The maximum Gasteiger partial charge on any atom is 0.151 e. The van der Waals surface area contributed by atoms with Gasteiger partial charge in [0.05, 0.1) is 11.4 Å². The van der Waals surface area contributed by atoms with E-state index < -0.39 is 0 Å². The molecule has 1 aliphatic heterocycles. The molecule has 2 fully saturated rings. The van der Waals surface area contributed by atoms with Gasteiger partial charge in [0, 0.05) is 37.8 Å². The van der Waals surface area contributed by atoms with Gasteiger partial charge in [-0.2, -0.15) is 5.10 Å². The van der Waals surface area contributed by atoms with Gasteiger partial charge in [0.25, 0.3) is 0 Å². The van der Waals surface area contributed by atoms with Crippen LogP contribution in [0.5, 0.6) is 0 Å². The highest BCUT2D eigenvalue weighted by Crippen LogP contribution is 2.34. The van der Waals surface area contributed by atoms with E-state index in [4.69, 9.17) is 4.98 Å². The predicted octanol–water partition coefficient (Wildman–Crippen LogP) is 2.73. The molecule has 5 rings (SSSR count). The largest absolute Gasteiger partial charge is 0.352 e. The molecule has 6 heteroatoms. The maximum absolute atomic E-state index is 4.81. The second kappa shape index (κ2) is 7.15. The molecule has 1 saturated heterocycles. The van der Waals surface area contributed by atoms with Gasteiger partial charge in [-0.1, -0.05) is 6.42 Å². The van der Waals surface area contributed by atoms with Crippen molar-refractivity contribution >= 4 is 5.82 Å². The van der Waals surface area contributed by atoms with Crippen molar-refractivity contribution in [1.82, 2.24) is 25.1 Å². The van der Waals surface area contributed by atoms with Gasteiger partial charge >= 0.3 is 0 Å². The minimum Gasteiger partial charge on any atom is -0.352 e. The summed E-state index contributed by atoms with van der Waals surface area (Å²) < 4.78 is 0. The fraction of sp³-hybridized carbons (Fsp3) is 0.619. The number of hydrogen-bond acceptors (Lipinski definition) is 6. The molecule has 2 aromatic heterocycles. The number of likely N-dealkylation sites (N-methyl/N-ethyl adjacent to an activating group) is 1. The molecule has 2 aliphatic carbocycles. The van der Waals surface area contributed by atoms with E-state index in [1.807, 2.05) is 6.20 Å². The number of hydrogen-bond donors (Lipinski definition) is 0. The predicted molar refractivity (Wildman–Crippen MR) is 105 cm³/mol. The van der Waals surface area contributed by atoms with Crippen molar-refractivity contribution in [2.75, 3.05) is 25.0 Å². The highest BCUT2D eigenvalue weighted by Gasteiger charge is 2.32. The van der Waals surface area contributed by atoms with E-state index in [0.717, 1.165) is 49.8 Å². The minimum absolute atomic E-state index is 0.546. The van der Waals surface area contributed by atoms with Gasteiger partial charge in [-0.15, -0.1) is 5.10 Å². The van der Waals surface area contributed by atoms with Crippen LogP contribution in [0, 0.1) is 0 Å². The van der Waals surface area contributed by atoms with Crippen molar-refractivity contribution in [1.29, 1.82) is 0 Å². The molecule has 0 spiro atoms. The van der Waals surface area contributed by atoms with Crippen LogP contribution in [-0.2, 0) is 19.4 Å². The summed E-state index contributed by atoms with van der Waals surface area (Å²) >= 11 is 0. The number of anilines is 1. The van der Waals surface area contributed by atoms with Crippen molar-refractivity contribution in [2.45, 2.75) is 63.5 Å². The standard InChI is InChI=1S/C21H28N6/c1-26(12-17-9-10-22-21(23-17)15-6-4-7-15)18-13-27(14-18)20-11-16-5-2-3-8-19(16)24-25-20/h9-11,15,18H,2-8,12-14H2,1H3. The first-order valence-corrected chi connectivity index (χ1v) is 10.4. The zero-order chi connectivity index (χ0) is 18.2. The van der Waals surface area contributed by atoms with Crippen LogP contribution in [0.25, 0.3) is 0 Å². The third kappa shape index (κ3) is 3.43. The van der Waals surface area contributed by atoms with Crippen molar-refractivity contribution < 1.29 is 0 Å². The molecule has 0 aromatic carbocycles. The van der Waals surface area contributed by atoms with E-state index in [1.165, 1.54) is 43.4 Å². The molecule has 0 unspecified atom stereocenters. The van der Waals surface area contributed by atoms with Crippen LogP contribution in [0.4, 0.5) is 5.82 Å². The zero-order valence-electron chi connectivity index (χ0n) is 16.1. The number of fused-ring (bicyclic) bond motifs is 1. The van der Waals surface area contributed by atoms with Crippen molar-refractivity contribution in [3.63, 3.8) is 0 Å². The molecule has 3 heterocycles. The summed E-state index contributed by atoms with van der Waals surface area (Å²) in [5.41, 5.74) is 3.76. The van der Waals surface area contributed by atoms with E-state index in [-0.39, 0.29) is 0 Å². The summed E-state index contributed by atoms with van der Waals surface area (Å²) in [7, 11) is 2.20. The summed E-state index contributed by atoms with van der Waals surface area (Å²) in [5.74, 6) is 2.69. The van der Waals surface area contributed by atoms with Gasteiger partial charge < -0.3 is 4.90 Å². The molecule has 0 bridgehead atoms. The molecule has 27 heavy (non-hydrogen) atoms. The average molecular weight is 364 g/mol. The monoisotopic (exact) mass is 364 g/mol. The lowest BCUT2D eigenvalue weighted by Crippen LogP contribution is -2.58. The van der Waals surface area contributed by atoms with Gasteiger partial charge in [0.15, 0.2) is 5.82 Å². The number of rotatable bonds is 5. The van der Waals surface area contributed by atoms with Crippen molar-refractivity contribution in [2.24, 2.45) is 0 Å². The van der Waals surface area contributed by atoms with Crippen LogP contribution in [0.2, 0.25) is 0 Å². The van der Waals surface area contributed by atoms with Gasteiger partial charge in [0.1, 0.15) is 5.82 Å². The van der Waals surface area contributed by atoms with E-state index in [2.05, 4.69) is 44.2 Å². The molecule has 3 aliphatic rings. The second-order valence-corrected chi connectivity index (χ2v) is 8.39. The Bertz CT molecular complexity index is 812. The highest BCUT2D eigenvalue weighted by atomic mass is 15.4. The quantitative estimate of drug-likeness (QED) is 0.813. The van der Waals surface area contributed by atoms with Crippen LogP contribution in [0.1, 0.15) is 60.8 Å². The van der Waals surface area contributed by atoms with Crippen LogP contribution in [-0.4, -0.2) is 51.2 Å². The molecular formula is C21H28N6. The molecular weight excluding hydrogens is 336 g/mol. The summed E-state index contributed by atoms with van der Waals surface area (Å²) in [4.78, 5) is 14.1. The first-order valence-electron chi connectivity index (χ1n) is 10.4. The Kier molecular flexibility index (Phi) is 4.52. The Hall–Kier alpha value is -2.08. The average Bonchev–Trinajstić information content (AvgIpc) is 2.59. The Labute approximate surface area is 161 Å². The first kappa shape index (κ1) is 17.0. The molecule has 142 valence electrons. The van der Waals surface area contributed by atoms with Gasteiger partial charge in [-0.25, -0.2) is 9.97 Å². The summed E-state index contributed by atoms with van der Waals surface area (Å²) in [6, 6.07) is 4.88. The zero-order valence-corrected chi connectivity index (χ0v) is 16.1. The molecule has 1 saturated carbocycles. The lowest BCUT2D eigenvalue weighted by atomic mass is 9.85. The SMILES string of the molecule is CN(Cc1ccnc(C2CCC2)n1)C1CN(c2cc3c(nn2)CCCC3)C1. The van der Waals surface area contributed by atoms with Crippen LogP contribution < -0.4 is 4.90 Å². The Morgan fingerprint density at radius 1 is 1.11 bits per heavy atom. The van der Waals surface area contributed by atoms with E-state index in [1.54, 1.807) is 0 Å². The van der Waals surface area contributed by atoms with Gasteiger partial charge in [-0.05, 0) is 63.3 Å². The normalized spacial score (nSPS) is 20.3. The molecule has 6 nitrogen and oxygen atoms in total. The number of aryl methyl sites for hydroxylation is 2. The Balaban J connectivity index is 1.18. The van der Waals surface area contributed by atoms with Gasteiger partial charge in [0.2, 0.25) is 0 Å². The van der Waals surface area contributed by atoms with Crippen molar-refractivity contribution in [3.8, 4) is 0 Å². The molecule has 0 amide bonds. The third-order valence-corrected chi connectivity index (χ3v) is 6.48. The van der Waals surface area contributed by atoms with Crippen LogP contribution in [0.3, 0.4) is 0 Å². The number of aromatic nitrogens is 4. The summed E-state index contributed by atoms with van der Waals surface area (Å²) in [6.07, 6.45) is 10.5. The first-order chi connectivity index (χ1) is 13.3. The molecule has 0 radical (unpaired) electrons. The van der Waals surface area contributed by atoms with E-state index >= 15 is 0 Å². The van der Waals surface area contributed by atoms with Crippen LogP contribution in [0.15, 0.2) is 18.3 Å².